The molecule has 4 aromatic rings. The van der Waals surface area contributed by atoms with Crippen molar-refractivity contribution in [3.63, 3.8) is 0 Å². The summed E-state index contributed by atoms with van der Waals surface area (Å²) in [5, 5.41) is 9.01. The Labute approximate surface area is 255 Å². The number of halogens is 5. The van der Waals surface area contributed by atoms with Crippen LogP contribution in [-0.2, 0) is 12.7 Å². The van der Waals surface area contributed by atoms with Gasteiger partial charge in [0.1, 0.15) is 5.75 Å². The molecular formula is C33H32Cl2F3NO3. The van der Waals surface area contributed by atoms with Crippen molar-refractivity contribution in [1.29, 1.82) is 0 Å². The summed E-state index contributed by atoms with van der Waals surface area (Å²) in [6.45, 7) is 3.41. The Morgan fingerprint density at radius 1 is 0.929 bits per heavy atom. The molecule has 0 atom stereocenters. The third kappa shape index (κ3) is 8.74. The summed E-state index contributed by atoms with van der Waals surface area (Å²) < 4.78 is 46.7. The van der Waals surface area contributed by atoms with Crippen molar-refractivity contribution in [2.75, 3.05) is 19.7 Å². The molecule has 0 amide bonds. The molecule has 0 unspecified atom stereocenters. The minimum Gasteiger partial charge on any atom is -0.493 e. The second-order valence-electron chi connectivity index (χ2n) is 9.87. The van der Waals surface area contributed by atoms with Crippen molar-refractivity contribution in [3.8, 4) is 5.75 Å². The van der Waals surface area contributed by atoms with E-state index in [1.54, 1.807) is 12.1 Å². The number of aromatic carboxylic acids is 1. The van der Waals surface area contributed by atoms with Crippen LogP contribution in [0.2, 0.25) is 5.02 Å². The van der Waals surface area contributed by atoms with Gasteiger partial charge in [-0.25, -0.2) is 4.79 Å². The molecule has 9 heteroatoms. The lowest BCUT2D eigenvalue weighted by atomic mass is 9.90. The van der Waals surface area contributed by atoms with E-state index in [9.17, 15) is 23.1 Å². The predicted octanol–water partition coefficient (Wildman–Crippen LogP) is 8.89. The first kappa shape index (κ1) is 33.0. The normalized spacial score (nSPS) is 11.4. The topological polar surface area (TPSA) is 49.8 Å². The third-order valence-electron chi connectivity index (χ3n) is 6.93. The van der Waals surface area contributed by atoms with E-state index in [4.69, 9.17) is 16.3 Å². The second-order valence-corrected chi connectivity index (χ2v) is 10.3. The number of aryl methyl sites for hydroxylation is 1. The molecule has 4 nitrogen and oxygen atoms in total. The summed E-state index contributed by atoms with van der Waals surface area (Å²) in [4.78, 5) is 13.5. The summed E-state index contributed by atoms with van der Waals surface area (Å²) in [5.74, 6) is -0.576. The van der Waals surface area contributed by atoms with Crippen molar-refractivity contribution >= 4 is 30.0 Å². The molecule has 222 valence electrons. The van der Waals surface area contributed by atoms with Gasteiger partial charge >= 0.3 is 12.1 Å². The molecule has 0 saturated heterocycles. The number of carboxylic acids is 1. The van der Waals surface area contributed by atoms with Crippen LogP contribution in [0.5, 0.6) is 5.75 Å². The van der Waals surface area contributed by atoms with E-state index in [0.717, 1.165) is 22.8 Å². The van der Waals surface area contributed by atoms with Crippen molar-refractivity contribution in [2.45, 2.75) is 32.0 Å². The minimum atomic E-state index is -4.55. The van der Waals surface area contributed by atoms with Crippen LogP contribution in [0.3, 0.4) is 0 Å². The lowest BCUT2D eigenvalue weighted by Gasteiger charge is -2.29. The van der Waals surface area contributed by atoms with E-state index in [1.807, 2.05) is 43.3 Å². The fourth-order valence-corrected chi connectivity index (χ4v) is 5.08. The molecule has 0 aliphatic carbocycles. The molecule has 0 radical (unpaired) electrons. The van der Waals surface area contributed by atoms with Crippen LogP contribution >= 0.6 is 24.0 Å². The van der Waals surface area contributed by atoms with Gasteiger partial charge in [0.25, 0.3) is 0 Å². The number of carboxylic acid groups (broad SMARTS) is 1. The molecule has 0 aromatic heterocycles. The Hall–Kier alpha value is -3.52. The van der Waals surface area contributed by atoms with Crippen molar-refractivity contribution in [1.82, 2.24) is 4.90 Å². The van der Waals surface area contributed by atoms with Gasteiger partial charge in [-0.1, -0.05) is 90.5 Å². The lowest BCUT2D eigenvalue weighted by molar-refractivity contribution is -0.137. The number of benzene rings is 4. The first-order chi connectivity index (χ1) is 19.6. The molecule has 0 aliphatic heterocycles. The zero-order chi connectivity index (χ0) is 29.4. The molecule has 0 aliphatic rings. The van der Waals surface area contributed by atoms with Crippen LogP contribution in [0.4, 0.5) is 13.2 Å². The number of alkyl halides is 3. The number of rotatable bonds is 12. The van der Waals surface area contributed by atoms with Crippen LogP contribution in [0.1, 0.15) is 50.5 Å². The van der Waals surface area contributed by atoms with Gasteiger partial charge in [-0.15, -0.1) is 12.4 Å². The minimum absolute atomic E-state index is 0. The van der Waals surface area contributed by atoms with E-state index in [2.05, 4.69) is 29.2 Å². The highest BCUT2D eigenvalue weighted by atomic mass is 35.5. The maximum atomic E-state index is 13.6. The highest BCUT2D eigenvalue weighted by Crippen LogP contribution is 2.37. The van der Waals surface area contributed by atoms with E-state index in [-0.39, 0.29) is 35.5 Å². The van der Waals surface area contributed by atoms with Crippen LogP contribution in [0.25, 0.3) is 0 Å². The van der Waals surface area contributed by atoms with Gasteiger partial charge in [0.15, 0.2) is 0 Å². The van der Waals surface area contributed by atoms with Crippen molar-refractivity contribution in [2.24, 2.45) is 0 Å². The maximum Gasteiger partial charge on any atom is 0.417 e. The van der Waals surface area contributed by atoms with Gasteiger partial charge < -0.3 is 9.84 Å². The van der Waals surface area contributed by atoms with Crippen molar-refractivity contribution < 1.29 is 27.8 Å². The average Bonchev–Trinajstić information content (AvgIpc) is 2.95. The van der Waals surface area contributed by atoms with Gasteiger partial charge in [0.05, 0.1) is 22.8 Å². The van der Waals surface area contributed by atoms with Crippen molar-refractivity contribution in [3.05, 3.63) is 135 Å². The molecule has 4 aromatic carbocycles. The van der Waals surface area contributed by atoms with Crippen LogP contribution in [0, 0.1) is 6.92 Å². The monoisotopic (exact) mass is 617 g/mol. The molecule has 0 fully saturated rings. The fourth-order valence-electron chi connectivity index (χ4n) is 4.79. The number of hydrogen-bond donors (Lipinski definition) is 1. The smallest absolute Gasteiger partial charge is 0.417 e. The lowest BCUT2D eigenvalue weighted by Crippen LogP contribution is -2.31. The molecule has 1 N–H and O–H groups in total. The zero-order valence-electron chi connectivity index (χ0n) is 23.0. The molecule has 4 rings (SSSR count). The quantitative estimate of drug-likeness (QED) is 0.161. The molecule has 0 heterocycles. The molecule has 0 saturated carbocycles. The zero-order valence-corrected chi connectivity index (χ0v) is 24.6. The van der Waals surface area contributed by atoms with Crippen LogP contribution in [0.15, 0.2) is 97.1 Å². The van der Waals surface area contributed by atoms with Gasteiger partial charge in [-0.2, -0.15) is 13.2 Å². The Morgan fingerprint density at radius 2 is 1.55 bits per heavy atom. The highest BCUT2D eigenvalue weighted by Gasteiger charge is 2.34. The summed E-state index contributed by atoms with van der Waals surface area (Å²) in [7, 11) is 0. The first-order valence-electron chi connectivity index (χ1n) is 13.3. The maximum absolute atomic E-state index is 13.6. The largest absolute Gasteiger partial charge is 0.493 e. The summed E-state index contributed by atoms with van der Waals surface area (Å²) in [5.41, 5.74) is 2.69. The van der Waals surface area contributed by atoms with Crippen LogP contribution < -0.4 is 4.74 Å². The fraction of sp³-hybridized carbons (Fsp3) is 0.242. The summed E-state index contributed by atoms with van der Waals surface area (Å²) >= 11 is 6.29. The third-order valence-corrected chi connectivity index (χ3v) is 7.38. The highest BCUT2D eigenvalue weighted by molar-refractivity contribution is 6.32. The number of carbonyl (C=O) groups is 1. The molecular weight excluding hydrogens is 586 g/mol. The van der Waals surface area contributed by atoms with E-state index in [1.165, 1.54) is 18.2 Å². The Bertz CT molecular complexity index is 1410. The molecule has 0 spiro atoms. The Kier molecular flexibility index (Phi) is 11.9. The average molecular weight is 619 g/mol. The number of nitrogens with zero attached hydrogens (tertiary/aromatic N) is 1. The van der Waals surface area contributed by atoms with Gasteiger partial charge in [-0.3, -0.25) is 4.90 Å². The molecule has 42 heavy (non-hydrogen) atoms. The van der Waals surface area contributed by atoms with E-state index in [0.29, 0.717) is 37.4 Å². The summed E-state index contributed by atoms with van der Waals surface area (Å²) in [6, 6.07) is 28.7. The number of hydrogen-bond acceptors (Lipinski definition) is 3. The SMILES string of the molecule is Cc1ccc(C(=O)O)cc1OCCCN(Cc1cccc(C(F)(F)F)c1Cl)CC(c1ccccc1)c1ccccc1.Cl. The number of ether oxygens (including phenoxy) is 1. The first-order valence-corrected chi connectivity index (χ1v) is 13.6. The summed E-state index contributed by atoms with van der Waals surface area (Å²) in [6.07, 6.45) is -3.99. The Morgan fingerprint density at radius 3 is 2.12 bits per heavy atom. The van der Waals surface area contributed by atoms with Gasteiger partial charge in [-0.05, 0) is 53.8 Å². The molecule has 0 bridgehead atoms. The van der Waals surface area contributed by atoms with Gasteiger partial charge in [0, 0.05) is 25.6 Å². The van der Waals surface area contributed by atoms with Gasteiger partial charge in [0.2, 0.25) is 0 Å². The Balaban J connectivity index is 0.00000484. The predicted molar refractivity (Wildman–Crippen MR) is 162 cm³/mol. The van der Waals surface area contributed by atoms with E-state index < -0.39 is 17.7 Å². The van der Waals surface area contributed by atoms with E-state index >= 15 is 0 Å². The van der Waals surface area contributed by atoms with Crippen LogP contribution in [-0.4, -0.2) is 35.7 Å². The second kappa shape index (κ2) is 15.1. The standard InChI is InChI=1S/C33H31ClF3NO3.ClH/c1-23-16-17-26(32(39)40)20-30(23)41-19-9-18-38(21-27-14-8-15-29(31(27)34)33(35,36)37)22-28(24-10-4-2-5-11-24)25-12-6-3-7-13-25;/h2-8,10-17,20,28H,9,18-19,21-22H2,1H3,(H,39,40);1H.